The Balaban J connectivity index is 1.97. The van der Waals surface area contributed by atoms with Gasteiger partial charge in [0.25, 0.3) is 0 Å². The van der Waals surface area contributed by atoms with Crippen LogP contribution in [0, 0.1) is 0 Å². The summed E-state index contributed by atoms with van der Waals surface area (Å²) in [6, 6.07) is 6.98. The number of benzene rings is 1. The number of morpholine rings is 1. The van der Waals surface area contributed by atoms with Gasteiger partial charge in [0.05, 0.1) is 19.1 Å². The molecule has 0 aliphatic carbocycles. The molecule has 1 saturated heterocycles. The molecule has 0 saturated carbocycles. The van der Waals surface area contributed by atoms with E-state index < -0.39 is 0 Å². The topological polar surface area (TPSA) is 49.8 Å². The van der Waals surface area contributed by atoms with Crippen molar-refractivity contribution in [1.29, 1.82) is 0 Å². The van der Waals surface area contributed by atoms with Crippen LogP contribution in [0.1, 0.15) is 18.9 Å². The second-order valence-corrected chi connectivity index (χ2v) is 4.55. The van der Waals surface area contributed by atoms with E-state index in [-0.39, 0.29) is 24.2 Å². The highest BCUT2D eigenvalue weighted by Crippen LogP contribution is 2.18. The Labute approximate surface area is 107 Å². The predicted octanol–water partition coefficient (Wildman–Crippen LogP) is 1.57. The quantitative estimate of drug-likeness (QED) is 0.884. The normalized spacial score (nSPS) is 19.8. The second kappa shape index (κ2) is 5.87. The molecule has 1 atom stereocenters. The second-order valence-electron chi connectivity index (χ2n) is 4.55. The first-order valence-corrected chi connectivity index (χ1v) is 6.37. The number of phenolic OH excluding ortho intramolecular Hbond substituents is 1. The fourth-order valence-corrected chi connectivity index (χ4v) is 2.13. The first-order valence-electron chi connectivity index (χ1n) is 6.37. The standard InChI is InChI=1S/C14H19NO3/c1-2-12-10-15(7-8-18-12)14(17)9-11-5-3-4-6-13(11)16/h3-6,12,16H,2,7-10H2,1H3. The first kappa shape index (κ1) is 12.9. The molecule has 0 spiro atoms. The minimum atomic E-state index is 0.0539. The third-order valence-corrected chi connectivity index (χ3v) is 3.28. The van der Waals surface area contributed by atoms with Crippen molar-refractivity contribution in [1.82, 2.24) is 4.90 Å². The number of nitrogens with zero attached hydrogens (tertiary/aromatic N) is 1. The highest BCUT2D eigenvalue weighted by Gasteiger charge is 2.23. The van der Waals surface area contributed by atoms with Gasteiger partial charge in [-0.2, -0.15) is 0 Å². The van der Waals surface area contributed by atoms with Crippen molar-refractivity contribution in [2.45, 2.75) is 25.9 Å². The summed E-state index contributed by atoms with van der Waals surface area (Å²) in [6.07, 6.45) is 1.32. The van der Waals surface area contributed by atoms with Crippen molar-refractivity contribution in [3.63, 3.8) is 0 Å². The minimum absolute atomic E-state index is 0.0539. The fraction of sp³-hybridized carbons (Fsp3) is 0.500. The Morgan fingerprint density at radius 1 is 1.50 bits per heavy atom. The van der Waals surface area contributed by atoms with Gasteiger partial charge in [-0.25, -0.2) is 0 Å². The Hall–Kier alpha value is -1.55. The summed E-state index contributed by atoms with van der Waals surface area (Å²) in [4.78, 5) is 14.0. The van der Waals surface area contributed by atoms with Crippen LogP contribution in [0.4, 0.5) is 0 Å². The van der Waals surface area contributed by atoms with Crippen molar-refractivity contribution in [2.24, 2.45) is 0 Å². The highest BCUT2D eigenvalue weighted by atomic mass is 16.5. The van der Waals surface area contributed by atoms with Crippen molar-refractivity contribution in [3.05, 3.63) is 29.8 Å². The van der Waals surface area contributed by atoms with E-state index >= 15 is 0 Å². The van der Waals surface area contributed by atoms with Gasteiger partial charge in [-0.15, -0.1) is 0 Å². The van der Waals surface area contributed by atoms with Gasteiger partial charge < -0.3 is 14.7 Å². The number of amides is 1. The van der Waals surface area contributed by atoms with Gasteiger partial charge in [-0.1, -0.05) is 25.1 Å². The molecule has 0 radical (unpaired) electrons. The van der Waals surface area contributed by atoms with Crippen LogP contribution in [0.5, 0.6) is 5.75 Å². The summed E-state index contributed by atoms with van der Waals surface area (Å²) in [5.74, 6) is 0.240. The largest absolute Gasteiger partial charge is 0.508 e. The molecule has 1 heterocycles. The van der Waals surface area contributed by atoms with Crippen LogP contribution in [0.3, 0.4) is 0 Å². The van der Waals surface area contributed by atoms with E-state index in [4.69, 9.17) is 4.74 Å². The zero-order valence-corrected chi connectivity index (χ0v) is 10.6. The van der Waals surface area contributed by atoms with Crippen LogP contribution in [0.2, 0.25) is 0 Å². The number of para-hydroxylation sites is 1. The number of hydrogen-bond donors (Lipinski definition) is 1. The zero-order chi connectivity index (χ0) is 13.0. The number of aromatic hydroxyl groups is 1. The molecule has 1 aromatic rings. The first-order chi connectivity index (χ1) is 8.70. The fourth-order valence-electron chi connectivity index (χ4n) is 2.13. The average Bonchev–Trinajstić information content (AvgIpc) is 2.41. The van der Waals surface area contributed by atoms with E-state index in [1.54, 1.807) is 18.2 Å². The molecular weight excluding hydrogens is 230 g/mol. The number of rotatable bonds is 3. The average molecular weight is 249 g/mol. The Morgan fingerprint density at radius 3 is 3.00 bits per heavy atom. The summed E-state index contributed by atoms with van der Waals surface area (Å²) < 4.78 is 5.54. The Morgan fingerprint density at radius 2 is 2.28 bits per heavy atom. The lowest BCUT2D eigenvalue weighted by molar-refractivity contribution is -0.138. The van der Waals surface area contributed by atoms with Gasteiger partial charge in [0.15, 0.2) is 0 Å². The predicted molar refractivity (Wildman–Crippen MR) is 68.4 cm³/mol. The molecule has 1 amide bonds. The molecule has 1 aliphatic rings. The van der Waals surface area contributed by atoms with E-state index in [9.17, 15) is 9.90 Å². The third-order valence-electron chi connectivity index (χ3n) is 3.28. The molecule has 1 unspecified atom stereocenters. The Bertz CT molecular complexity index is 419. The lowest BCUT2D eigenvalue weighted by Gasteiger charge is -2.32. The smallest absolute Gasteiger partial charge is 0.227 e. The van der Waals surface area contributed by atoms with E-state index in [2.05, 4.69) is 6.92 Å². The molecule has 0 bridgehead atoms. The van der Waals surface area contributed by atoms with Crippen molar-refractivity contribution >= 4 is 5.91 Å². The Kier molecular flexibility index (Phi) is 4.20. The lowest BCUT2D eigenvalue weighted by atomic mass is 10.1. The van der Waals surface area contributed by atoms with Gasteiger partial charge in [0, 0.05) is 18.7 Å². The van der Waals surface area contributed by atoms with E-state index in [0.29, 0.717) is 25.3 Å². The van der Waals surface area contributed by atoms with Crippen LogP contribution in [-0.4, -0.2) is 41.7 Å². The lowest BCUT2D eigenvalue weighted by Crippen LogP contribution is -2.45. The molecular formula is C14H19NO3. The van der Waals surface area contributed by atoms with Gasteiger partial charge >= 0.3 is 0 Å². The molecule has 1 N–H and O–H groups in total. The molecule has 1 aromatic carbocycles. The molecule has 1 fully saturated rings. The zero-order valence-electron chi connectivity index (χ0n) is 10.6. The highest BCUT2D eigenvalue weighted by molar-refractivity contribution is 5.79. The van der Waals surface area contributed by atoms with Crippen LogP contribution in [0.15, 0.2) is 24.3 Å². The number of phenols is 1. The molecule has 2 rings (SSSR count). The summed E-state index contributed by atoms with van der Waals surface area (Å²) in [5, 5.41) is 9.66. The van der Waals surface area contributed by atoms with Crippen molar-refractivity contribution in [2.75, 3.05) is 19.7 Å². The van der Waals surface area contributed by atoms with E-state index in [1.165, 1.54) is 0 Å². The van der Waals surface area contributed by atoms with Crippen molar-refractivity contribution in [3.8, 4) is 5.75 Å². The van der Waals surface area contributed by atoms with E-state index in [1.807, 2.05) is 11.0 Å². The molecule has 98 valence electrons. The molecule has 1 aliphatic heterocycles. The van der Waals surface area contributed by atoms with Crippen LogP contribution in [0.25, 0.3) is 0 Å². The van der Waals surface area contributed by atoms with Crippen LogP contribution >= 0.6 is 0 Å². The summed E-state index contributed by atoms with van der Waals surface area (Å²) in [5.41, 5.74) is 0.682. The summed E-state index contributed by atoms with van der Waals surface area (Å²) in [7, 11) is 0. The number of carbonyl (C=O) groups is 1. The van der Waals surface area contributed by atoms with Gasteiger partial charge in [0.1, 0.15) is 5.75 Å². The van der Waals surface area contributed by atoms with Gasteiger partial charge in [-0.05, 0) is 12.5 Å². The van der Waals surface area contributed by atoms with Crippen LogP contribution in [-0.2, 0) is 16.0 Å². The SMILES string of the molecule is CCC1CN(C(=O)Cc2ccccc2O)CCO1. The molecule has 0 aromatic heterocycles. The number of ether oxygens (including phenoxy) is 1. The maximum Gasteiger partial charge on any atom is 0.227 e. The monoisotopic (exact) mass is 249 g/mol. The third kappa shape index (κ3) is 3.01. The van der Waals surface area contributed by atoms with Gasteiger partial charge in [0.2, 0.25) is 5.91 Å². The maximum atomic E-state index is 12.1. The minimum Gasteiger partial charge on any atom is -0.508 e. The number of hydrogen-bond acceptors (Lipinski definition) is 3. The maximum absolute atomic E-state index is 12.1. The number of carbonyl (C=O) groups excluding carboxylic acids is 1. The summed E-state index contributed by atoms with van der Waals surface area (Å²) in [6.45, 7) is 3.96. The molecule has 4 nitrogen and oxygen atoms in total. The molecule has 18 heavy (non-hydrogen) atoms. The molecule has 4 heteroatoms. The van der Waals surface area contributed by atoms with Crippen molar-refractivity contribution < 1.29 is 14.6 Å². The van der Waals surface area contributed by atoms with Gasteiger partial charge in [-0.3, -0.25) is 4.79 Å². The van der Waals surface area contributed by atoms with Crippen LogP contribution < -0.4 is 0 Å². The summed E-state index contributed by atoms with van der Waals surface area (Å²) >= 11 is 0. The van der Waals surface area contributed by atoms with E-state index in [0.717, 1.165) is 6.42 Å².